The number of benzene rings is 2. The number of hydrogen-bond donors (Lipinski definition) is 1. The third kappa shape index (κ3) is 3.88. The van der Waals surface area contributed by atoms with Crippen molar-refractivity contribution >= 4 is 34.2 Å². The number of carbonyl (C=O) groups is 1. The molecule has 6 nitrogen and oxygen atoms in total. The minimum atomic E-state index is -0.487. The number of amides is 1. The number of nitrogens with one attached hydrogen (secondary N) is 1. The van der Waals surface area contributed by atoms with E-state index in [2.05, 4.69) is 21.5 Å². The fourth-order valence-electron chi connectivity index (χ4n) is 3.76. The molecule has 1 amide bonds. The van der Waals surface area contributed by atoms with Crippen molar-refractivity contribution in [3.8, 4) is 6.07 Å². The quantitative estimate of drug-likeness (QED) is 0.486. The van der Waals surface area contributed by atoms with Crippen LogP contribution in [0.15, 0.2) is 54.6 Å². The number of nitriles is 1. The van der Waals surface area contributed by atoms with Crippen LogP contribution in [0.2, 0.25) is 5.02 Å². The highest BCUT2D eigenvalue weighted by molar-refractivity contribution is 6.32. The second kappa shape index (κ2) is 8.21. The summed E-state index contributed by atoms with van der Waals surface area (Å²) in [5.74, 6) is -0.755. The van der Waals surface area contributed by atoms with E-state index in [1.807, 2.05) is 44.2 Å². The molecule has 7 heteroatoms. The minimum absolute atomic E-state index is 0.268. The molecular formula is C24H20ClN5O. The van der Waals surface area contributed by atoms with Crippen molar-refractivity contribution in [3.63, 3.8) is 0 Å². The Kier molecular flexibility index (Phi) is 5.45. The molecule has 1 atom stereocenters. The second-order valence-electron chi connectivity index (χ2n) is 7.38. The van der Waals surface area contributed by atoms with Gasteiger partial charge in [-0.2, -0.15) is 10.4 Å². The smallest absolute Gasteiger partial charge is 0.256 e. The van der Waals surface area contributed by atoms with E-state index < -0.39 is 5.92 Å². The molecular weight excluding hydrogens is 410 g/mol. The van der Waals surface area contributed by atoms with E-state index in [0.29, 0.717) is 27.5 Å². The number of aromatic nitrogens is 3. The van der Waals surface area contributed by atoms with Crippen molar-refractivity contribution in [2.45, 2.75) is 19.8 Å². The van der Waals surface area contributed by atoms with Crippen LogP contribution in [-0.4, -0.2) is 20.7 Å². The van der Waals surface area contributed by atoms with Crippen LogP contribution in [0.25, 0.3) is 11.0 Å². The molecule has 0 saturated heterocycles. The lowest BCUT2D eigenvalue weighted by molar-refractivity contribution is 0.102. The summed E-state index contributed by atoms with van der Waals surface area (Å²) in [5, 5.41) is 18.1. The molecule has 1 N–H and O–H groups in total. The third-order valence-electron chi connectivity index (χ3n) is 5.17. The van der Waals surface area contributed by atoms with E-state index in [9.17, 15) is 10.1 Å². The molecule has 1 unspecified atom stereocenters. The molecule has 0 fully saturated rings. The van der Waals surface area contributed by atoms with Crippen LogP contribution in [0, 0.1) is 25.2 Å². The third-order valence-corrected chi connectivity index (χ3v) is 5.50. The molecule has 0 aliphatic rings. The molecule has 154 valence electrons. The lowest BCUT2D eigenvalue weighted by Gasteiger charge is -2.14. The highest BCUT2D eigenvalue weighted by atomic mass is 35.5. The fraction of sp³-hybridized carbons (Fsp3) is 0.167. The monoisotopic (exact) mass is 429 g/mol. The van der Waals surface area contributed by atoms with Crippen molar-refractivity contribution < 1.29 is 4.79 Å². The summed E-state index contributed by atoms with van der Waals surface area (Å²) in [5.41, 5.74) is 4.75. The molecule has 2 heterocycles. The zero-order chi connectivity index (χ0) is 22.1. The van der Waals surface area contributed by atoms with Gasteiger partial charge in [0, 0.05) is 23.5 Å². The minimum Gasteiger partial charge on any atom is -0.322 e. The van der Waals surface area contributed by atoms with Gasteiger partial charge in [0.05, 0.1) is 28.6 Å². The summed E-state index contributed by atoms with van der Waals surface area (Å²) >= 11 is 6.51. The lowest BCUT2D eigenvalue weighted by Crippen LogP contribution is -2.13. The van der Waals surface area contributed by atoms with E-state index in [4.69, 9.17) is 11.6 Å². The molecule has 4 rings (SSSR count). The normalized spacial score (nSPS) is 11.8. The first-order chi connectivity index (χ1) is 14.9. The van der Waals surface area contributed by atoms with Crippen LogP contribution in [0.5, 0.6) is 0 Å². The fourth-order valence-corrected chi connectivity index (χ4v) is 4.05. The Morgan fingerprint density at radius 3 is 2.58 bits per heavy atom. The van der Waals surface area contributed by atoms with E-state index in [1.165, 1.54) is 0 Å². The number of carbonyl (C=O) groups excluding carboxylic acids is 1. The SMILES string of the molecule is Cc1cc(C(=O)Nc2ccc(C(C#N)c3ccccc3)c(Cl)c2)c2c(C)nn(C)c2n1. The van der Waals surface area contributed by atoms with Crippen molar-refractivity contribution in [2.24, 2.45) is 7.05 Å². The molecule has 2 aromatic heterocycles. The zero-order valence-corrected chi connectivity index (χ0v) is 18.1. The van der Waals surface area contributed by atoms with E-state index in [-0.39, 0.29) is 5.91 Å². The van der Waals surface area contributed by atoms with Gasteiger partial charge in [0.15, 0.2) is 5.65 Å². The van der Waals surface area contributed by atoms with Gasteiger partial charge in [0.2, 0.25) is 0 Å². The highest BCUT2D eigenvalue weighted by Gasteiger charge is 2.20. The van der Waals surface area contributed by atoms with Gasteiger partial charge in [-0.3, -0.25) is 9.48 Å². The predicted molar refractivity (Wildman–Crippen MR) is 121 cm³/mol. The van der Waals surface area contributed by atoms with Gasteiger partial charge in [-0.05, 0) is 43.2 Å². The number of nitrogens with zero attached hydrogens (tertiary/aromatic N) is 4. The van der Waals surface area contributed by atoms with Crippen molar-refractivity contribution in [3.05, 3.63) is 87.7 Å². The van der Waals surface area contributed by atoms with Crippen LogP contribution < -0.4 is 5.32 Å². The number of fused-ring (bicyclic) bond motifs is 1. The Morgan fingerprint density at radius 2 is 1.90 bits per heavy atom. The van der Waals surface area contributed by atoms with E-state index in [0.717, 1.165) is 22.3 Å². The lowest BCUT2D eigenvalue weighted by atomic mass is 9.92. The van der Waals surface area contributed by atoms with Crippen LogP contribution in [0.3, 0.4) is 0 Å². The van der Waals surface area contributed by atoms with Gasteiger partial charge in [-0.25, -0.2) is 4.98 Å². The summed E-state index contributed by atoms with van der Waals surface area (Å²) < 4.78 is 1.67. The van der Waals surface area contributed by atoms with Gasteiger partial charge in [-0.15, -0.1) is 0 Å². The zero-order valence-electron chi connectivity index (χ0n) is 17.3. The molecule has 31 heavy (non-hydrogen) atoms. The summed E-state index contributed by atoms with van der Waals surface area (Å²) in [6, 6.07) is 18.7. The van der Waals surface area contributed by atoms with Crippen molar-refractivity contribution in [1.29, 1.82) is 5.26 Å². The number of aryl methyl sites for hydroxylation is 3. The molecule has 0 bridgehead atoms. The molecule has 0 aliphatic heterocycles. The number of pyridine rings is 1. The first-order valence-electron chi connectivity index (χ1n) is 9.75. The largest absolute Gasteiger partial charge is 0.322 e. The molecule has 2 aromatic carbocycles. The Labute approximate surface area is 185 Å². The van der Waals surface area contributed by atoms with Crippen LogP contribution in [-0.2, 0) is 7.05 Å². The summed E-state index contributed by atoms with van der Waals surface area (Å²) in [7, 11) is 1.81. The van der Waals surface area contributed by atoms with Gasteiger partial charge in [0.1, 0.15) is 0 Å². The molecule has 0 aliphatic carbocycles. The van der Waals surface area contributed by atoms with Gasteiger partial charge < -0.3 is 5.32 Å². The Balaban J connectivity index is 1.66. The molecule has 0 radical (unpaired) electrons. The van der Waals surface area contributed by atoms with Gasteiger partial charge in [-0.1, -0.05) is 48.0 Å². The standard InChI is InChI=1S/C24H20ClN5O/c1-14-11-19(22-15(2)29-30(3)23(22)27-14)24(31)28-17-9-10-18(21(25)12-17)20(13-26)16-7-5-4-6-8-16/h4-12,20H,1-3H3,(H,28,31). The maximum atomic E-state index is 13.1. The topological polar surface area (TPSA) is 83.6 Å². The molecule has 0 saturated carbocycles. The molecule has 0 spiro atoms. The van der Waals surface area contributed by atoms with Crippen molar-refractivity contribution in [1.82, 2.24) is 14.8 Å². The first kappa shape index (κ1) is 20.6. The van der Waals surface area contributed by atoms with Gasteiger partial charge in [0.25, 0.3) is 5.91 Å². The maximum absolute atomic E-state index is 13.1. The van der Waals surface area contributed by atoms with Crippen LogP contribution >= 0.6 is 11.6 Å². The summed E-state index contributed by atoms with van der Waals surface area (Å²) in [6.45, 7) is 3.70. The van der Waals surface area contributed by atoms with E-state index >= 15 is 0 Å². The van der Waals surface area contributed by atoms with Gasteiger partial charge >= 0.3 is 0 Å². The van der Waals surface area contributed by atoms with E-state index in [1.54, 1.807) is 36.0 Å². The van der Waals surface area contributed by atoms with Crippen LogP contribution in [0.4, 0.5) is 5.69 Å². The molecule has 4 aromatic rings. The summed E-state index contributed by atoms with van der Waals surface area (Å²) in [4.78, 5) is 17.6. The Bertz CT molecular complexity index is 1340. The average Bonchev–Trinajstić information content (AvgIpc) is 3.03. The maximum Gasteiger partial charge on any atom is 0.256 e. The average molecular weight is 430 g/mol. The number of halogens is 1. The Morgan fingerprint density at radius 1 is 1.16 bits per heavy atom. The number of hydrogen-bond acceptors (Lipinski definition) is 4. The Hall–Kier alpha value is -3.69. The highest BCUT2D eigenvalue weighted by Crippen LogP contribution is 2.32. The predicted octanol–water partition coefficient (Wildman–Crippen LogP) is 5.15. The number of rotatable bonds is 4. The van der Waals surface area contributed by atoms with Crippen LogP contribution in [0.1, 0.15) is 38.8 Å². The second-order valence-corrected chi connectivity index (χ2v) is 7.79. The van der Waals surface area contributed by atoms with Crippen molar-refractivity contribution in [2.75, 3.05) is 5.32 Å². The summed E-state index contributed by atoms with van der Waals surface area (Å²) in [6.07, 6.45) is 0. The number of anilines is 1. The first-order valence-corrected chi connectivity index (χ1v) is 10.1.